The van der Waals surface area contributed by atoms with Crippen LogP contribution in [0.5, 0.6) is 0 Å². The lowest BCUT2D eigenvalue weighted by Gasteiger charge is -2.08. The number of hydrogen-bond acceptors (Lipinski definition) is 2. The lowest BCUT2D eigenvalue weighted by molar-refractivity contribution is -0.127. The Morgan fingerprint density at radius 3 is 2.30 bits per heavy atom. The van der Waals surface area contributed by atoms with Gasteiger partial charge in [-0.25, -0.2) is 0 Å². The van der Waals surface area contributed by atoms with E-state index >= 15 is 0 Å². The minimum Gasteiger partial charge on any atom is -0.379 e. The Hall–Kier alpha value is -2.39. The van der Waals surface area contributed by atoms with Gasteiger partial charge in [0, 0.05) is 6.54 Å². The molecule has 0 spiro atoms. The van der Waals surface area contributed by atoms with E-state index < -0.39 is 12.0 Å². The topological polar surface area (TPSA) is 49.3 Å². The molecule has 3 heteroatoms. The molecule has 2 N–H and O–H groups in total. The van der Waals surface area contributed by atoms with Crippen molar-refractivity contribution in [3.8, 4) is 0 Å². The number of aliphatic hydroxyl groups is 1. The second-order valence-electron chi connectivity index (χ2n) is 4.42. The van der Waals surface area contributed by atoms with Gasteiger partial charge in [0.15, 0.2) is 6.10 Å². The van der Waals surface area contributed by atoms with Gasteiger partial charge >= 0.3 is 0 Å². The first kappa shape index (κ1) is 14.0. The summed E-state index contributed by atoms with van der Waals surface area (Å²) in [5, 5.41) is 12.5. The van der Waals surface area contributed by atoms with E-state index in [2.05, 4.69) is 5.32 Å². The third-order valence-electron chi connectivity index (χ3n) is 2.85. The molecule has 0 fully saturated rings. The van der Waals surface area contributed by atoms with Gasteiger partial charge in [-0.1, -0.05) is 66.7 Å². The highest BCUT2D eigenvalue weighted by atomic mass is 16.3. The highest BCUT2D eigenvalue weighted by molar-refractivity contribution is 5.83. The molecule has 2 aromatic rings. The lowest BCUT2D eigenvalue weighted by atomic mass is 10.2. The molecule has 0 heterocycles. The van der Waals surface area contributed by atoms with Crippen LogP contribution < -0.4 is 5.32 Å². The number of benzene rings is 2. The number of carbonyl (C=O) groups is 1. The first-order valence-electron chi connectivity index (χ1n) is 6.48. The number of amides is 1. The SMILES string of the molecule is O=C(NCc1ccccc1)[C@@H](O)/C=C/c1ccccc1. The van der Waals surface area contributed by atoms with E-state index in [-0.39, 0.29) is 0 Å². The van der Waals surface area contributed by atoms with Crippen LogP contribution in [-0.4, -0.2) is 17.1 Å². The maximum Gasteiger partial charge on any atom is 0.253 e. The fourth-order valence-electron chi connectivity index (χ4n) is 1.74. The van der Waals surface area contributed by atoms with Crippen molar-refractivity contribution in [2.45, 2.75) is 12.6 Å². The summed E-state index contributed by atoms with van der Waals surface area (Å²) in [6.45, 7) is 0.413. The minimum absolute atomic E-state index is 0.402. The number of hydrogen-bond donors (Lipinski definition) is 2. The van der Waals surface area contributed by atoms with Crippen LogP contribution in [0.4, 0.5) is 0 Å². The van der Waals surface area contributed by atoms with Gasteiger partial charge in [-0.05, 0) is 17.2 Å². The molecule has 1 amide bonds. The van der Waals surface area contributed by atoms with Gasteiger partial charge in [-0.15, -0.1) is 0 Å². The maximum absolute atomic E-state index is 11.7. The van der Waals surface area contributed by atoms with Gasteiger partial charge in [0.2, 0.25) is 0 Å². The molecule has 0 unspecified atom stereocenters. The van der Waals surface area contributed by atoms with Gasteiger partial charge < -0.3 is 10.4 Å². The summed E-state index contributed by atoms with van der Waals surface area (Å²) in [6, 6.07) is 19.1. The van der Waals surface area contributed by atoms with E-state index in [4.69, 9.17) is 0 Å². The fourth-order valence-corrected chi connectivity index (χ4v) is 1.74. The van der Waals surface area contributed by atoms with Crippen LogP contribution in [0.3, 0.4) is 0 Å². The molecule has 0 radical (unpaired) electrons. The smallest absolute Gasteiger partial charge is 0.253 e. The highest BCUT2D eigenvalue weighted by Crippen LogP contribution is 2.03. The van der Waals surface area contributed by atoms with Crippen molar-refractivity contribution in [1.82, 2.24) is 5.32 Å². The summed E-state index contributed by atoms with van der Waals surface area (Å²) in [5.74, 6) is -0.402. The van der Waals surface area contributed by atoms with Gasteiger partial charge in [0.1, 0.15) is 0 Å². The predicted molar refractivity (Wildman–Crippen MR) is 79.8 cm³/mol. The van der Waals surface area contributed by atoms with Crippen LogP contribution in [0, 0.1) is 0 Å². The predicted octanol–water partition coefficient (Wildman–Crippen LogP) is 2.38. The molecule has 0 bridgehead atoms. The molecule has 1 atom stereocenters. The zero-order valence-electron chi connectivity index (χ0n) is 11.1. The molecule has 2 aromatic carbocycles. The number of nitrogens with one attached hydrogen (secondary N) is 1. The summed E-state index contributed by atoms with van der Waals surface area (Å²) >= 11 is 0. The Bertz CT molecular complexity index is 564. The normalized spacial score (nSPS) is 12.2. The number of rotatable bonds is 5. The molecule has 0 saturated carbocycles. The Labute approximate surface area is 118 Å². The zero-order chi connectivity index (χ0) is 14.2. The minimum atomic E-state index is -1.14. The van der Waals surface area contributed by atoms with Crippen molar-refractivity contribution < 1.29 is 9.90 Å². The quantitative estimate of drug-likeness (QED) is 0.874. The Kier molecular flexibility index (Phi) is 5.09. The van der Waals surface area contributed by atoms with E-state index in [0.717, 1.165) is 11.1 Å². The third-order valence-corrected chi connectivity index (χ3v) is 2.85. The molecule has 2 rings (SSSR count). The van der Waals surface area contributed by atoms with Crippen LogP contribution in [0.25, 0.3) is 6.08 Å². The number of aliphatic hydroxyl groups excluding tert-OH is 1. The molecular weight excluding hydrogens is 250 g/mol. The molecule has 20 heavy (non-hydrogen) atoms. The first-order valence-corrected chi connectivity index (χ1v) is 6.48. The van der Waals surface area contributed by atoms with Crippen molar-refractivity contribution in [3.05, 3.63) is 77.9 Å². The van der Waals surface area contributed by atoms with E-state index in [1.807, 2.05) is 60.7 Å². The van der Waals surface area contributed by atoms with Crippen LogP contribution in [0.2, 0.25) is 0 Å². The van der Waals surface area contributed by atoms with E-state index in [1.54, 1.807) is 6.08 Å². The Morgan fingerprint density at radius 1 is 1.05 bits per heavy atom. The van der Waals surface area contributed by atoms with Crippen LogP contribution in [0.1, 0.15) is 11.1 Å². The Balaban J connectivity index is 1.85. The summed E-state index contributed by atoms with van der Waals surface area (Å²) in [5.41, 5.74) is 1.95. The summed E-state index contributed by atoms with van der Waals surface area (Å²) in [7, 11) is 0. The van der Waals surface area contributed by atoms with Crippen molar-refractivity contribution in [1.29, 1.82) is 0 Å². The molecule has 0 aromatic heterocycles. The molecule has 3 nitrogen and oxygen atoms in total. The van der Waals surface area contributed by atoms with Gasteiger partial charge in [-0.2, -0.15) is 0 Å². The van der Waals surface area contributed by atoms with E-state index in [0.29, 0.717) is 6.54 Å². The molecule has 102 valence electrons. The fraction of sp³-hybridized carbons (Fsp3) is 0.118. The van der Waals surface area contributed by atoms with E-state index in [1.165, 1.54) is 6.08 Å². The summed E-state index contributed by atoms with van der Waals surface area (Å²) < 4.78 is 0. The van der Waals surface area contributed by atoms with E-state index in [9.17, 15) is 9.90 Å². The van der Waals surface area contributed by atoms with Gasteiger partial charge in [0.25, 0.3) is 5.91 Å². The lowest BCUT2D eigenvalue weighted by Crippen LogP contribution is -2.32. The van der Waals surface area contributed by atoms with Crippen molar-refractivity contribution >= 4 is 12.0 Å². The highest BCUT2D eigenvalue weighted by Gasteiger charge is 2.10. The van der Waals surface area contributed by atoms with Crippen LogP contribution in [-0.2, 0) is 11.3 Å². The van der Waals surface area contributed by atoms with Gasteiger partial charge in [-0.3, -0.25) is 4.79 Å². The second-order valence-corrected chi connectivity index (χ2v) is 4.42. The number of carbonyl (C=O) groups excluding carboxylic acids is 1. The van der Waals surface area contributed by atoms with Gasteiger partial charge in [0.05, 0.1) is 0 Å². The van der Waals surface area contributed by atoms with Crippen molar-refractivity contribution in [3.63, 3.8) is 0 Å². The largest absolute Gasteiger partial charge is 0.379 e. The standard InChI is InChI=1S/C17H17NO2/c19-16(12-11-14-7-3-1-4-8-14)17(20)18-13-15-9-5-2-6-10-15/h1-12,16,19H,13H2,(H,18,20)/b12-11+/t16-/m0/s1. The van der Waals surface area contributed by atoms with Crippen LogP contribution >= 0.6 is 0 Å². The summed E-state index contributed by atoms with van der Waals surface area (Å²) in [6.07, 6.45) is 2.07. The van der Waals surface area contributed by atoms with Crippen molar-refractivity contribution in [2.75, 3.05) is 0 Å². The average Bonchev–Trinajstić information content (AvgIpc) is 2.52. The van der Waals surface area contributed by atoms with Crippen molar-refractivity contribution in [2.24, 2.45) is 0 Å². The maximum atomic E-state index is 11.7. The molecule has 0 aliphatic carbocycles. The zero-order valence-corrected chi connectivity index (χ0v) is 11.1. The second kappa shape index (κ2) is 7.26. The third kappa shape index (κ3) is 4.37. The molecular formula is C17H17NO2. The molecule has 0 aliphatic heterocycles. The summed E-state index contributed by atoms with van der Waals surface area (Å²) in [4.78, 5) is 11.7. The first-order chi connectivity index (χ1) is 9.75. The van der Waals surface area contributed by atoms with Crippen LogP contribution in [0.15, 0.2) is 66.7 Å². The monoisotopic (exact) mass is 267 g/mol. The molecule has 0 aliphatic rings. The Morgan fingerprint density at radius 2 is 1.65 bits per heavy atom. The molecule has 0 saturated heterocycles. The average molecular weight is 267 g/mol.